The highest BCUT2D eigenvalue weighted by molar-refractivity contribution is 5.94. The Morgan fingerprint density at radius 1 is 1.26 bits per heavy atom. The predicted molar refractivity (Wildman–Crippen MR) is 82.1 cm³/mol. The molecule has 0 saturated heterocycles. The van der Waals surface area contributed by atoms with Crippen molar-refractivity contribution in [2.75, 3.05) is 6.54 Å². The van der Waals surface area contributed by atoms with Crippen LogP contribution >= 0.6 is 0 Å². The van der Waals surface area contributed by atoms with E-state index in [0.717, 1.165) is 5.56 Å². The van der Waals surface area contributed by atoms with Crippen LogP contribution in [0.25, 0.3) is 0 Å². The van der Waals surface area contributed by atoms with E-state index in [-0.39, 0.29) is 11.8 Å². The van der Waals surface area contributed by atoms with Crippen LogP contribution in [0, 0.1) is 5.92 Å². The predicted octanol–water partition coefficient (Wildman–Crippen LogP) is 0.899. The van der Waals surface area contributed by atoms with Crippen LogP contribution in [-0.4, -0.2) is 22.4 Å². The van der Waals surface area contributed by atoms with Crippen molar-refractivity contribution in [3.8, 4) is 11.6 Å². The first-order chi connectivity index (χ1) is 11.1. The van der Waals surface area contributed by atoms with E-state index in [4.69, 9.17) is 4.74 Å². The highest BCUT2D eigenvalue weighted by atomic mass is 16.5. The number of aromatic amines is 2. The number of nitrogens with one attached hydrogen (secondary N) is 3. The number of ether oxygens (including phenoxy) is 1. The summed E-state index contributed by atoms with van der Waals surface area (Å²) in [4.78, 5) is 40.0. The molecule has 0 radical (unpaired) electrons. The normalized spacial score (nSPS) is 15.3. The summed E-state index contributed by atoms with van der Waals surface area (Å²) in [5.41, 5.74) is 0.560. The fourth-order valence-corrected chi connectivity index (χ4v) is 2.66. The lowest BCUT2D eigenvalue weighted by Crippen LogP contribution is -2.28. The van der Waals surface area contributed by atoms with Gasteiger partial charge in [-0.05, 0) is 37.0 Å². The van der Waals surface area contributed by atoms with Crippen molar-refractivity contribution in [2.24, 2.45) is 5.92 Å². The van der Waals surface area contributed by atoms with Gasteiger partial charge in [-0.1, -0.05) is 0 Å². The molecule has 1 amide bonds. The first-order valence-electron chi connectivity index (χ1n) is 7.54. The molecule has 4 rings (SSSR count). The molecule has 0 bridgehead atoms. The smallest absolute Gasteiger partial charge is 0.328 e. The Kier molecular flexibility index (Phi) is 3.07. The summed E-state index contributed by atoms with van der Waals surface area (Å²) >= 11 is 0. The van der Waals surface area contributed by atoms with E-state index in [2.05, 4.69) is 15.3 Å². The second kappa shape index (κ2) is 5.12. The fourth-order valence-electron chi connectivity index (χ4n) is 2.66. The Bertz CT molecular complexity index is 908. The van der Waals surface area contributed by atoms with Crippen LogP contribution in [-0.2, 0) is 6.42 Å². The third-order valence-electron chi connectivity index (χ3n) is 4.15. The van der Waals surface area contributed by atoms with Crippen LogP contribution in [0.3, 0.4) is 0 Å². The zero-order chi connectivity index (χ0) is 16.0. The number of H-pyrrole nitrogens is 2. The molecule has 0 spiro atoms. The average molecular weight is 313 g/mol. The van der Waals surface area contributed by atoms with Crippen molar-refractivity contribution in [2.45, 2.75) is 19.3 Å². The van der Waals surface area contributed by atoms with Crippen molar-refractivity contribution in [3.63, 3.8) is 0 Å². The maximum Gasteiger partial charge on any atom is 0.328 e. The van der Waals surface area contributed by atoms with Crippen LogP contribution in [0.5, 0.6) is 11.6 Å². The summed E-state index contributed by atoms with van der Waals surface area (Å²) in [7, 11) is 0. The molecule has 7 nitrogen and oxygen atoms in total. The first kappa shape index (κ1) is 13.8. The standard InChI is InChI=1S/C16H15N3O4/c20-13(17-7-8-1-2-8)9-3-4-12-10(5-9)6-11-14(21)18-16(22)19-15(11)23-12/h3-5,8H,1-2,6-7H2,(H,17,20)(H2,18,19,21,22). The third-order valence-corrected chi connectivity index (χ3v) is 4.15. The molecule has 0 atom stereocenters. The second-order valence-corrected chi connectivity index (χ2v) is 5.97. The minimum atomic E-state index is -0.603. The minimum Gasteiger partial charge on any atom is -0.440 e. The molecule has 1 aromatic heterocycles. The van der Waals surface area contributed by atoms with E-state index in [1.54, 1.807) is 18.2 Å². The summed E-state index contributed by atoms with van der Waals surface area (Å²) in [6.45, 7) is 0.705. The van der Waals surface area contributed by atoms with Crippen LogP contribution in [0.2, 0.25) is 0 Å². The molecule has 0 unspecified atom stereocenters. The number of fused-ring (bicyclic) bond motifs is 2. The number of hydrogen-bond acceptors (Lipinski definition) is 4. The monoisotopic (exact) mass is 313 g/mol. The van der Waals surface area contributed by atoms with Crippen molar-refractivity contribution in [1.82, 2.24) is 15.3 Å². The summed E-state index contributed by atoms with van der Waals surface area (Å²) < 4.78 is 5.57. The van der Waals surface area contributed by atoms with E-state index in [0.29, 0.717) is 35.8 Å². The summed E-state index contributed by atoms with van der Waals surface area (Å²) in [5.74, 6) is 1.19. The van der Waals surface area contributed by atoms with Crippen LogP contribution in [0.4, 0.5) is 0 Å². The van der Waals surface area contributed by atoms with Gasteiger partial charge in [-0.25, -0.2) is 4.79 Å². The quantitative estimate of drug-likeness (QED) is 0.668. The molecule has 1 fully saturated rings. The van der Waals surface area contributed by atoms with Crippen molar-refractivity contribution in [3.05, 3.63) is 55.7 Å². The molecule has 7 heteroatoms. The van der Waals surface area contributed by atoms with Gasteiger partial charge in [0.15, 0.2) is 0 Å². The molecule has 1 saturated carbocycles. The van der Waals surface area contributed by atoms with E-state index < -0.39 is 11.2 Å². The second-order valence-electron chi connectivity index (χ2n) is 5.97. The molecule has 2 aliphatic rings. The van der Waals surface area contributed by atoms with E-state index in [1.165, 1.54) is 12.8 Å². The number of benzene rings is 1. The molecule has 23 heavy (non-hydrogen) atoms. The van der Waals surface area contributed by atoms with Crippen molar-refractivity contribution in [1.29, 1.82) is 0 Å². The Labute approximate surface area is 130 Å². The van der Waals surface area contributed by atoms with Gasteiger partial charge in [0.05, 0.1) is 5.56 Å². The lowest BCUT2D eigenvalue weighted by Gasteiger charge is -2.19. The molecular weight excluding hydrogens is 298 g/mol. The van der Waals surface area contributed by atoms with Gasteiger partial charge in [0.25, 0.3) is 11.5 Å². The van der Waals surface area contributed by atoms with Gasteiger partial charge in [0.1, 0.15) is 5.75 Å². The van der Waals surface area contributed by atoms with E-state index in [9.17, 15) is 14.4 Å². The minimum absolute atomic E-state index is 0.124. The van der Waals surface area contributed by atoms with Crippen molar-refractivity contribution < 1.29 is 9.53 Å². The van der Waals surface area contributed by atoms with Gasteiger partial charge in [0.2, 0.25) is 5.88 Å². The largest absolute Gasteiger partial charge is 0.440 e. The molecule has 3 N–H and O–H groups in total. The molecule has 2 aromatic rings. The van der Waals surface area contributed by atoms with Gasteiger partial charge >= 0.3 is 5.69 Å². The summed E-state index contributed by atoms with van der Waals surface area (Å²) in [6, 6.07) is 5.09. The first-order valence-corrected chi connectivity index (χ1v) is 7.54. The third kappa shape index (κ3) is 2.65. The molecule has 1 aromatic carbocycles. The number of aromatic nitrogens is 2. The Hall–Kier alpha value is -2.83. The highest BCUT2D eigenvalue weighted by Gasteiger charge is 2.24. The summed E-state index contributed by atoms with van der Waals surface area (Å²) in [5, 5.41) is 2.91. The zero-order valence-electron chi connectivity index (χ0n) is 12.3. The lowest BCUT2D eigenvalue weighted by molar-refractivity contribution is 0.0951. The molecular formula is C16H15N3O4. The fraction of sp³-hybridized carbons (Fsp3) is 0.312. The van der Waals surface area contributed by atoms with Gasteiger partial charge in [-0.3, -0.25) is 19.6 Å². The van der Waals surface area contributed by atoms with Gasteiger partial charge in [0, 0.05) is 24.1 Å². The van der Waals surface area contributed by atoms with Crippen LogP contribution < -0.4 is 21.3 Å². The van der Waals surface area contributed by atoms with Gasteiger partial charge in [-0.2, -0.15) is 0 Å². The van der Waals surface area contributed by atoms with Crippen LogP contribution in [0.1, 0.15) is 34.3 Å². The maximum absolute atomic E-state index is 12.2. The van der Waals surface area contributed by atoms with Crippen LogP contribution in [0.15, 0.2) is 27.8 Å². The SMILES string of the molecule is O=C(NCC1CC1)c1ccc2c(c1)Cc1c([nH]c(=O)[nH]c1=O)O2. The Balaban J connectivity index is 1.62. The van der Waals surface area contributed by atoms with Crippen molar-refractivity contribution >= 4 is 5.91 Å². The molecule has 1 aliphatic heterocycles. The Morgan fingerprint density at radius 3 is 2.87 bits per heavy atom. The molecule has 1 aliphatic carbocycles. The zero-order valence-corrected chi connectivity index (χ0v) is 12.3. The topological polar surface area (TPSA) is 104 Å². The summed E-state index contributed by atoms with van der Waals surface area (Å²) in [6.07, 6.45) is 2.66. The number of carbonyl (C=O) groups is 1. The Morgan fingerprint density at radius 2 is 2.09 bits per heavy atom. The lowest BCUT2D eigenvalue weighted by atomic mass is 10.0. The van der Waals surface area contributed by atoms with Gasteiger partial charge < -0.3 is 10.1 Å². The van der Waals surface area contributed by atoms with Gasteiger partial charge in [-0.15, -0.1) is 0 Å². The maximum atomic E-state index is 12.2. The average Bonchev–Trinajstić information content (AvgIpc) is 3.34. The number of rotatable bonds is 3. The number of carbonyl (C=O) groups excluding carboxylic acids is 1. The van der Waals surface area contributed by atoms with E-state index in [1.807, 2.05) is 0 Å². The van der Waals surface area contributed by atoms with E-state index >= 15 is 0 Å². The molecule has 2 heterocycles. The number of hydrogen-bond donors (Lipinski definition) is 3. The molecule has 118 valence electrons. The number of amides is 1. The highest BCUT2D eigenvalue weighted by Crippen LogP contribution is 2.33.